The number of aliphatic hydroxyl groups excluding tert-OH is 1. The van der Waals surface area contributed by atoms with E-state index >= 15 is 0 Å². The Kier molecular flexibility index (Phi) is 5.34. The molecule has 0 aliphatic carbocycles. The number of methoxy groups -OCH3 is 1. The topological polar surface area (TPSA) is 104 Å². The molecule has 0 spiro atoms. The number of sulfonamides is 1. The molecule has 2 N–H and O–H groups in total. The molecule has 0 aliphatic heterocycles. The molecular formula is C12H17NO6S. The van der Waals surface area contributed by atoms with Gasteiger partial charge in [0.15, 0.2) is 6.04 Å². The van der Waals surface area contributed by atoms with E-state index in [-0.39, 0.29) is 17.2 Å². The Hall–Kier alpha value is -1.80. The van der Waals surface area contributed by atoms with Crippen LogP contribution in [-0.4, -0.2) is 50.1 Å². The average molecular weight is 303 g/mol. The fraction of sp³-hybridized carbons (Fsp3) is 0.417. The third-order valence-electron chi connectivity index (χ3n) is 2.73. The Morgan fingerprint density at radius 2 is 2.00 bits per heavy atom. The highest BCUT2D eigenvalue weighted by Crippen LogP contribution is 2.31. The van der Waals surface area contributed by atoms with E-state index in [1.54, 1.807) is 12.1 Å². The van der Waals surface area contributed by atoms with Crippen molar-refractivity contribution in [1.29, 1.82) is 0 Å². The Bertz CT molecular complexity index is 571. The number of anilines is 1. The number of ether oxygens (including phenoxy) is 1. The first-order chi connectivity index (χ1) is 9.38. The highest BCUT2D eigenvalue weighted by Gasteiger charge is 2.35. The molecule has 0 radical (unpaired) electrons. The second kappa shape index (κ2) is 6.58. The second-order valence-corrected chi connectivity index (χ2v) is 6.04. The van der Waals surface area contributed by atoms with Gasteiger partial charge in [-0.15, -0.1) is 0 Å². The van der Waals surface area contributed by atoms with Gasteiger partial charge < -0.3 is 14.9 Å². The standard InChI is InChI=1S/C12H17NO6S/c1-3-20(17,18)13(10(8-14)12(15)16)9-6-4-5-7-11(9)19-2/h4-7,10,14H,3,8H2,1-2H3,(H,15,16)/t10-/m0/s1. The van der Waals surface area contributed by atoms with Crippen LogP contribution in [0.1, 0.15) is 6.92 Å². The summed E-state index contributed by atoms with van der Waals surface area (Å²) >= 11 is 0. The zero-order chi connectivity index (χ0) is 15.3. The van der Waals surface area contributed by atoms with Crippen LogP contribution in [0.3, 0.4) is 0 Å². The minimum atomic E-state index is -3.89. The molecule has 0 amide bonds. The number of carboxylic acid groups (broad SMARTS) is 1. The van der Waals surface area contributed by atoms with Gasteiger partial charge in [0, 0.05) is 0 Å². The molecule has 1 aromatic carbocycles. The summed E-state index contributed by atoms with van der Waals surface area (Å²) in [6.45, 7) is 0.556. The fourth-order valence-electron chi connectivity index (χ4n) is 1.72. The minimum Gasteiger partial charge on any atom is -0.495 e. The number of rotatable bonds is 7. The van der Waals surface area contributed by atoms with Crippen molar-refractivity contribution in [3.05, 3.63) is 24.3 Å². The lowest BCUT2D eigenvalue weighted by atomic mass is 10.2. The fourth-order valence-corrected chi connectivity index (χ4v) is 2.99. The van der Waals surface area contributed by atoms with Gasteiger partial charge in [0.25, 0.3) is 0 Å². The number of carboxylic acids is 1. The van der Waals surface area contributed by atoms with Gasteiger partial charge >= 0.3 is 5.97 Å². The summed E-state index contributed by atoms with van der Waals surface area (Å²) in [6.07, 6.45) is 0. The quantitative estimate of drug-likeness (QED) is 0.750. The van der Waals surface area contributed by atoms with Gasteiger partial charge in [-0.1, -0.05) is 12.1 Å². The zero-order valence-corrected chi connectivity index (χ0v) is 12.0. The Labute approximate surface area is 117 Å². The Morgan fingerprint density at radius 3 is 2.45 bits per heavy atom. The van der Waals surface area contributed by atoms with Crippen LogP contribution in [0.4, 0.5) is 5.69 Å². The summed E-state index contributed by atoms with van der Waals surface area (Å²) in [5.74, 6) is -1.52. The first kappa shape index (κ1) is 16.3. The molecule has 0 fully saturated rings. The van der Waals surface area contributed by atoms with Crippen molar-refractivity contribution in [2.45, 2.75) is 13.0 Å². The number of hydrogen-bond donors (Lipinski definition) is 2. The number of benzene rings is 1. The van der Waals surface area contributed by atoms with Crippen molar-refractivity contribution in [1.82, 2.24) is 0 Å². The van der Waals surface area contributed by atoms with Crippen molar-refractivity contribution in [2.75, 3.05) is 23.8 Å². The van der Waals surface area contributed by atoms with Crippen LogP contribution in [0.5, 0.6) is 5.75 Å². The van der Waals surface area contributed by atoms with Gasteiger partial charge in [0.1, 0.15) is 5.75 Å². The van der Waals surface area contributed by atoms with Crippen LogP contribution in [-0.2, 0) is 14.8 Å². The van der Waals surface area contributed by atoms with E-state index in [1.165, 1.54) is 26.2 Å². The largest absolute Gasteiger partial charge is 0.495 e. The Morgan fingerprint density at radius 1 is 1.40 bits per heavy atom. The van der Waals surface area contributed by atoms with Crippen molar-refractivity contribution in [3.8, 4) is 5.75 Å². The van der Waals surface area contributed by atoms with E-state index in [0.717, 1.165) is 0 Å². The predicted molar refractivity (Wildman–Crippen MR) is 73.4 cm³/mol. The molecule has 20 heavy (non-hydrogen) atoms. The SMILES string of the molecule is CCS(=O)(=O)N(c1ccccc1OC)[C@@H](CO)C(=O)O. The van der Waals surface area contributed by atoms with Gasteiger partial charge in [-0.2, -0.15) is 0 Å². The normalized spacial score (nSPS) is 12.8. The summed E-state index contributed by atoms with van der Waals surface area (Å²) in [5, 5.41) is 18.3. The van der Waals surface area contributed by atoms with Gasteiger partial charge in [-0.3, -0.25) is 0 Å². The highest BCUT2D eigenvalue weighted by atomic mass is 32.2. The van der Waals surface area contributed by atoms with Gasteiger partial charge in [-0.25, -0.2) is 17.5 Å². The lowest BCUT2D eigenvalue weighted by Gasteiger charge is -2.29. The number of nitrogens with zero attached hydrogens (tertiary/aromatic N) is 1. The van der Waals surface area contributed by atoms with Crippen molar-refractivity contribution in [3.63, 3.8) is 0 Å². The molecule has 1 aromatic rings. The highest BCUT2D eigenvalue weighted by molar-refractivity contribution is 7.92. The van der Waals surface area contributed by atoms with Crippen LogP contribution < -0.4 is 9.04 Å². The van der Waals surface area contributed by atoms with Crippen LogP contribution in [0.25, 0.3) is 0 Å². The van der Waals surface area contributed by atoms with Crippen LogP contribution in [0.15, 0.2) is 24.3 Å². The molecule has 0 aliphatic rings. The molecule has 1 atom stereocenters. The molecule has 0 heterocycles. The summed E-state index contributed by atoms with van der Waals surface area (Å²) in [7, 11) is -2.54. The summed E-state index contributed by atoms with van der Waals surface area (Å²) in [6, 6.07) is 4.54. The van der Waals surface area contributed by atoms with E-state index in [1.807, 2.05) is 0 Å². The number of aliphatic hydroxyl groups is 1. The molecule has 7 nitrogen and oxygen atoms in total. The van der Waals surface area contributed by atoms with E-state index in [9.17, 15) is 18.3 Å². The molecule has 0 bridgehead atoms. The lowest BCUT2D eigenvalue weighted by molar-refractivity contribution is -0.139. The predicted octanol–water partition coefficient (Wildman–Crippen LogP) is 0.297. The van der Waals surface area contributed by atoms with Crippen LogP contribution in [0, 0.1) is 0 Å². The molecule has 0 saturated carbocycles. The number of hydrogen-bond acceptors (Lipinski definition) is 5. The minimum absolute atomic E-state index is 0.0818. The third-order valence-corrected chi connectivity index (χ3v) is 4.51. The van der Waals surface area contributed by atoms with Gasteiger partial charge in [0.2, 0.25) is 10.0 Å². The molecule has 1 rings (SSSR count). The van der Waals surface area contributed by atoms with E-state index in [0.29, 0.717) is 4.31 Å². The maximum Gasteiger partial charge on any atom is 0.329 e. The Balaban J connectivity index is 3.49. The molecule has 0 saturated heterocycles. The maximum absolute atomic E-state index is 12.2. The summed E-state index contributed by atoms with van der Waals surface area (Å²) in [4.78, 5) is 11.2. The maximum atomic E-state index is 12.2. The summed E-state index contributed by atoms with van der Waals surface area (Å²) in [5.41, 5.74) is 0.0818. The van der Waals surface area contributed by atoms with Crippen LogP contribution >= 0.6 is 0 Å². The molecule has 8 heteroatoms. The number of aliphatic carboxylic acids is 1. The molecule has 0 unspecified atom stereocenters. The first-order valence-corrected chi connectivity index (χ1v) is 7.48. The van der Waals surface area contributed by atoms with Crippen molar-refractivity contribution in [2.24, 2.45) is 0 Å². The number of carbonyl (C=O) groups is 1. The van der Waals surface area contributed by atoms with Crippen molar-refractivity contribution >= 4 is 21.7 Å². The zero-order valence-electron chi connectivity index (χ0n) is 11.2. The first-order valence-electron chi connectivity index (χ1n) is 5.87. The molecule has 112 valence electrons. The van der Waals surface area contributed by atoms with Gasteiger partial charge in [0.05, 0.1) is 25.2 Å². The van der Waals surface area contributed by atoms with E-state index < -0.39 is 28.6 Å². The molecule has 0 aromatic heterocycles. The molecular weight excluding hydrogens is 286 g/mol. The monoisotopic (exact) mass is 303 g/mol. The van der Waals surface area contributed by atoms with Crippen LogP contribution in [0.2, 0.25) is 0 Å². The second-order valence-electron chi connectivity index (χ2n) is 3.90. The van der Waals surface area contributed by atoms with Gasteiger partial charge in [-0.05, 0) is 19.1 Å². The van der Waals surface area contributed by atoms with Crippen molar-refractivity contribution < 1.29 is 28.2 Å². The number of para-hydroxylation sites is 2. The third kappa shape index (κ3) is 3.20. The van der Waals surface area contributed by atoms with E-state index in [4.69, 9.17) is 9.84 Å². The van der Waals surface area contributed by atoms with E-state index in [2.05, 4.69) is 0 Å². The average Bonchev–Trinajstić information content (AvgIpc) is 2.43. The summed E-state index contributed by atoms with van der Waals surface area (Å²) < 4.78 is 30.1. The smallest absolute Gasteiger partial charge is 0.329 e. The lowest BCUT2D eigenvalue weighted by Crippen LogP contribution is -2.48.